The number of nitrogens with zero attached hydrogens (tertiary/aromatic N) is 1. The van der Waals surface area contributed by atoms with E-state index in [2.05, 4.69) is 5.32 Å². The Morgan fingerprint density at radius 1 is 1.25 bits per heavy atom. The molecule has 5 heteroatoms. The minimum Gasteiger partial charge on any atom is -0.494 e. The quantitative estimate of drug-likeness (QED) is 0.928. The van der Waals surface area contributed by atoms with E-state index in [4.69, 9.17) is 10.00 Å². The number of halogens is 2. The molecule has 0 saturated carbocycles. The van der Waals surface area contributed by atoms with Crippen molar-refractivity contribution < 1.29 is 13.5 Å². The van der Waals surface area contributed by atoms with Crippen molar-refractivity contribution in [3.63, 3.8) is 0 Å². The van der Waals surface area contributed by atoms with Gasteiger partial charge in [0.1, 0.15) is 11.9 Å². The number of nitriles is 1. The summed E-state index contributed by atoms with van der Waals surface area (Å²) < 4.78 is 31.8. The van der Waals surface area contributed by atoms with E-state index >= 15 is 0 Å². The minimum atomic E-state index is -0.486. The maximum atomic E-state index is 13.9. The van der Waals surface area contributed by atoms with Gasteiger partial charge in [0.25, 0.3) is 0 Å². The molecular weight excluding hydrogens is 262 g/mol. The smallest absolute Gasteiger partial charge is 0.170 e. The van der Waals surface area contributed by atoms with Gasteiger partial charge in [-0.1, -0.05) is 12.1 Å². The fraction of sp³-hybridized carbons (Fsp3) is 0.133. The molecule has 0 saturated heterocycles. The number of hydrogen-bond acceptors (Lipinski definition) is 3. The summed E-state index contributed by atoms with van der Waals surface area (Å²) in [6, 6.07) is 10.5. The van der Waals surface area contributed by atoms with Crippen molar-refractivity contribution in [1.29, 1.82) is 5.26 Å². The first-order chi connectivity index (χ1) is 9.65. The molecule has 0 fully saturated rings. The summed E-state index contributed by atoms with van der Waals surface area (Å²) >= 11 is 0. The first-order valence-electron chi connectivity index (χ1n) is 5.90. The Balaban J connectivity index is 2.20. The van der Waals surface area contributed by atoms with E-state index < -0.39 is 11.6 Å². The molecule has 2 aromatic rings. The summed E-state index contributed by atoms with van der Waals surface area (Å²) in [5, 5.41) is 11.8. The molecule has 0 aliphatic heterocycles. The van der Waals surface area contributed by atoms with Gasteiger partial charge in [0.05, 0.1) is 18.4 Å². The van der Waals surface area contributed by atoms with Crippen molar-refractivity contribution in [2.75, 3.05) is 12.4 Å². The van der Waals surface area contributed by atoms with Crippen molar-refractivity contribution in [3.05, 3.63) is 59.2 Å². The molecule has 0 aliphatic rings. The second-order valence-corrected chi connectivity index (χ2v) is 4.09. The fourth-order valence-electron chi connectivity index (χ4n) is 1.80. The van der Waals surface area contributed by atoms with Gasteiger partial charge in [-0.3, -0.25) is 0 Å². The van der Waals surface area contributed by atoms with Crippen LogP contribution in [0.2, 0.25) is 0 Å². The molecule has 0 amide bonds. The standard InChI is InChI=1S/C15H12F2N2O/c1-20-14-4-2-3-10(15(14)17)9-19-13-6-5-12(16)7-11(13)8-18/h2-7,19H,9H2,1H3. The first kappa shape index (κ1) is 13.8. The molecule has 0 radical (unpaired) electrons. The van der Waals surface area contributed by atoms with E-state index in [-0.39, 0.29) is 17.9 Å². The monoisotopic (exact) mass is 274 g/mol. The van der Waals surface area contributed by atoms with Crippen LogP contribution in [0.5, 0.6) is 5.75 Å². The van der Waals surface area contributed by atoms with Crippen molar-refractivity contribution in [2.45, 2.75) is 6.54 Å². The Morgan fingerprint density at radius 2 is 2.05 bits per heavy atom. The van der Waals surface area contributed by atoms with Gasteiger partial charge in [-0.05, 0) is 24.3 Å². The largest absolute Gasteiger partial charge is 0.494 e. The molecular formula is C15H12F2N2O. The van der Waals surface area contributed by atoms with Crippen LogP contribution in [0.4, 0.5) is 14.5 Å². The lowest BCUT2D eigenvalue weighted by molar-refractivity contribution is 0.384. The summed E-state index contributed by atoms with van der Waals surface area (Å²) in [6.07, 6.45) is 0. The molecule has 2 aromatic carbocycles. The number of anilines is 1. The lowest BCUT2D eigenvalue weighted by atomic mass is 10.1. The van der Waals surface area contributed by atoms with Gasteiger partial charge in [-0.15, -0.1) is 0 Å². The average molecular weight is 274 g/mol. The topological polar surface area (TPSA) is 45.0 Å². The zero-order valence-electron chi connectivity index (χ0n) is 10.8. The molecule has 20 heavy (non-hydrogen) atoms. The highest BCUT2D eigenvalue weighted by Gasteiger charge is 2.09. The second kappa shape index (κ2) is 6.02. The molecule has 0 spiro atoms. The number of methoxy groups -OCH3 is 1. The van der Waals surface area contributed by atoms with Gasteiger partial charge in [-0.25, -0.2) is 8.78 Å². The highest BCUT2D eigenvalue weighted by molar-refractivity contribution is 5.57. The van der Waals surface area contributed by atoms with Crippen molar-refractivity contribution in [2.24, 2.45) is 0 Å². The van der Waals surface area contributed by atoms with Crippen molar-refractivity contribution in [1.82, 2.24) is 0 Å². The van der Waals surface area contributed by atoms with Gasteiger partial charge in [0, 0.05) is 12.1 Å². The normalized spacial score (nSPS) is 9.90. The molecule has 0 atom stereocenters. The zero-order chi connectivity index (χ0) is 14.5. The van der Waals surface area contributed by atoms with Crippen LogP contribution in [0, 0.1) is 23.0 Å². The number of nitrogens with one attached hydrogen (secondary N) is 1. The average Bonchev–Trinajstić information content (AvgIpc) is 2.47. The van der Waals surface area contributed by atoms with E-state index in [1.807, 2.05) is 6.07 Å². The number of rotatable bonds is 4. The van der Waals surface area contributed by atoms with E-state index in [9.17, 15) is 8.78 Å². The van der Waals surface area contributed by atoms with Crippen LogP contribution in [0.1, 0.15) is 11.1 Å². The molecule has 0 bridgehead atoms. The lowest BCUT2D eigenvalue weighted by Crippen LogP contribution is -2.04. The summed E-state index contributed by atoms with van der Waals surface area (Å²) in [4.78, 5) is 0. The summed E-state index contributed by atoms with van der Waals surface area (Å²) in [5.74, 6) is -0.785. The Labute approximate surface area is 115 Å². The van der Waals surface area contributed by atoms with Gasteiger partial charge >= 0.3 is 0 Å². The summed E-state index contributed by atoms with van der Waals surface area (Å²) in [7, 11) is 1.39. The third-order valence-corrected chi connectivity index (χ3v) is 2.83. The SMILES string of the molecule is COc1cccc(CNc2ccc(F)cc2C#N)c1F. The maximum Gasteiger partial charge on any atom is 0.170 e. The van der Waals surface area contributed by atoms with Crippen LogP contribution in [0.3, 0.4) is 0 Å². The molecule has 3 nitrogen and oxygen atoms in total. The number of hydrogen-bond donors (Lipinski definition) is 1. The minimum absolute atomic E-state index is 0.156. The second-order valence-electron chi connectivity index (χ2n) is 4.09. The number of ether oxygens (including phenoxy) is 1. The lowest BCUT2D eigenvalue weighted by Gasteiger charge is -2.10. The first-order valence-corrected chi connectivity index (χ1v) is 5.90. The molecule has 0 aromatic heterocycles. The van der Waals surface area contributed by atoms with Crippen LogP contribution < -0.4 is 10.1 Å². The van der Waals surface area contributed by atoms with Crippen LogP contribution in [-0.2, 0) is 6.54 Å². The summed E-state index contributed by atoms with van der Waals surface area (Å²) in [5.41, 5.74) is 1.03. The zero-order valence-corrected chi connectivity index (χ0v) is 10.8. The molecule has 2 rings (SSSR count). The highest BCUT2D eigenvalue weighted by atomic mass is 19.1. The predicted octanol–water partition coefficient (Wildman–Crippen LogP) is 3.46. The molecule has 0 unspecified atom stereocenters. The van der Waals surface area contributed by atoms with Gasteiger partial charge in [-0.2, -0.15) is 5.26 Å². The van der Waals surface area contributed by atoms with Crippen LogP contribution in [-0.4, -0.2) is 7.11 Å². The molecule has 0 heterocycles. The third kappa shape index (κ3) is 2.86. The molecule has 0 aliphatic carbocycles. The van der Waals surface area contributed by atoms with Crippen molar-refractivity contribution in [3.8, 4) is 11.8 Å². The number of benzene rings is 2. The van der Waals surface area contributed by atoms with Crippen molar-refractivity contribution >= 4 is 5.69 Å². The van der Waals surface area contributed by atoms with Crippen LogP contribution >= 0.6 is 0 Å². The van der Waals surface area contributed by atoms with E-state index in [1.165, 1.54) is 25.3 Å². The molecule has 1 N–H and O–H groups in total. The fourth-order valence-corrected chi connectivity index (χ4v) is 1.80. The Kier molecular flexibility index (Phi) is 4.16. The van der Waals surface area contributed by atoms with E-state index in [1.54, 1.807) is 12.1 Å². The Bertz CT molecular complexity index is 665. The predicted molar refractivity (Wildman–Crippen MR) is 71.4 cm³/mol. The third-order valence-electron chi connectivity index (χ3n) is 2.83. The van der Waals surface area contributed by atoms with Crippen LogP contribution in [0.15, 0.2) is 36.4 Å². The highest BCUT2D eigenvalue weighted by Crippen LogP contribution is 2.22. The Morgan fingerprint density at radius 3 is 2.75 bits per heavy atom. The summed E-state index contributed by atoms with van der Waals surface area (Å²) in [6.45, 7) is 0.170. The Hall–Kier alpha value is -2.61. The van der Waals surface area contributed by atoms with E-state index in [0.29, 0.717) is 11.3 Å². The molecule has 102 valence electrons. The maximum absolute atomic E-state index is 13.9. The van der Waals surface area contributed by atoms with Gasteiger partial charge in [0.2, 0.25) is 0 Å². The van der Waals surface area contributed by atoms with Crippen LogP contribution in [0.25, 0.3) is 0 Å². The van der Waals surface area contributed by atoms with Gasteiger partial charge < -0.3 is 10.1 Å². The van der Waals surface area contributed by atoms with E-state index in [0.717, 1.165) is 6.07 Å². The van der Waals surface area contributed by atoms with Gasteiger partial charge in [0.15, 0.2) is 11.6 Å².